The van der Waals surface area contributed by atoms with Crippen molar-refractivity contribution in [2.45, 2.75) is 18.5 Å². The minimum Gasteiger partial charge on any atom is -0.298 e. The lowest BCUT2D eigenvalue weighted by Gasteiger charge is -2.54. The molecule has 0 aliphatic carbocycles. The predicted molar refractivity (Wildman–Crippen MR) is 46.1 cm³/mol. The minimum absolute atomic E-state index is 0.874. The molecule has 0 aromatic carbocycles. The average Bonchev–Trinajstić information content (AvgIpc) is 2.04. The molecule has 3 heteroatoms. The van der Waals surface area contributed by atoms with Crippen LogP contribution in [0.15, 0.2) is 0 Å². The summed E-state index contributed by atoms with van der Waals surface area (Å²) in [4.78, 5) is 5.03. The molecular weight excluding hydrogens is 143 g/mol. The van der Waals surface area contributed by atoms with Crippen LogP contribution in [0.25, 0.3) is 0 Å². The molecular formula is C7H15N2P. The molecule has 0 saturated carbocycles. The molecule has 3 atom stereocenters. The van der Waals surface area contributed by atoms with Crippen LogP contribution < -0.4 is 0 Å². The number of hydrogen-bond acceptors (Lipinski definition) is 2. The Bertz CT molecular complexity index is 128. The van der Waals surface area contributed by atoms with E-state index in [0.29, 0.717) is 0 Å². The van der Waals surface area contributed by atoms with E-state index in [1.807, 2.05) is 0 Å². The van der Waals surface area contributed by atoms with Crippen LogP contribution in [0.1, 0.15) is 6.42 Å². The first-order valence-electron chi connectivity index (χ1n) is 3.95. The van der Waals surface area contributed by atoms with Gasteiger partial charge in [-0.2, -0.15) is 0 Å². The highest BCUT2D eigenvalue weighted by atomic mass is 31.0. The van der Waals surface area contributed by atoms with Crippen LogP contribution in [0.3, 0.4) is 0 Å². The van der Waals surface area contributed by atoms with E-state index in [2.05, 4.69) is 26.1 Å². The maximum absolute atomic E-state index is 2.80. The van der Waals surface area contributed by atoms with Crippen molar-refractivity contribution >= 4 is 9.24 Å². The van der Waals surface area contributed by atoms with Gasteiger partial charge in [0.05, 0.1) is 0 Å². The van der Waals surface area contributed by atoms with Crippen LogP contribution in [0.4, 0.5) is 0 Å². The lowest BCUT2D eigenvalue weighted by molar-refractivity contribution is -0.0432. The highest BCUT2D eigenvalue weighted by molar-refractivity contribution is 7.16. The minimum atomic E-state index is 0.874. The maximum atomic E-state index is 2.80. The topological polar surface area (TPSA) is 6.48 Å². The summed E-state index contributed by atoms with van der Waals surface area (Å²) in [5, 5.41) is 0. The number of rotatable bonds is 1. The second-order valence-electron chi connectivity index (χ2n) is 3.43. The fourth-order valence-corrected chi connectivity index (χ4v) is 2.33. The first kappa shape index (κ1) is 7.02. The molecule has 0 aromatic heterocycles. The van der Waals surface area contributed by atoms with Crippen molar-refractivity contribution < 1.29 is 0 Å². The zero-order valence-electron chi connectivity index (χ0n) is 6.45. The van der Waals surface area contributed by atoms with E-state index in [0.717, 1.165) is 18.4 Å². The largest absolute Gasteiger partial charge is 0.298 e. The molecule has 3 fully saturated rings. The zero-order valence-corrected chi connectivity index (χ0v) is 7.61. The molecule has 3 heterocycles. The van der Waals surface area contributed by atoms with Crippen molar-refractivity contribution in [1.82, 2.24) is 9.80 Å². The standard InChI is InChI=1S/C7H15N2P/c1-8-6-2-7(8)4-9(3-6)5-10/h6-7H,2-5,10H2,1H3. The van der Waals surface area contributed by atoms with Gasteiger partial charge in [0.25, 0.3) is 0 Å². The molecule has 3 aliphatic rings. The van der Waals surface area contributed by atoms with E-state index >= 15 is 0 Å². The Hall–Kier alpha value is 0.350. The van der Waals surface area contributed by atoms with Crippen LogP contribution in [0.5, 0.6) is 0 Å². The van der Waals surface area contributed by atoms with Gasteiger partial charge in [-0.3, -0.25) is 9.80 Å². The molecule has 0 N–H and O–H groups in total. The Morgan fingerprint density at radius 1 is 1.40 bits per heavy atom. The molecule has 3 saturated heterocycles. The Labute approximate surface area is 64.8 Å². The van der Waals surface area contributed by atoms with Gasteiger partial charge in [-0.15, -0.1) is 9.24 Å². The summed E-state index contributed by atoms with van der Waals surface area (Å²) in [6, 6.07) is 1.75. The molecule has 58 valence electrons. The van der Waals surface area contributed by atoms with E-state index < -0.39 is 0 Å². The molecule has 0 radical (unpaired) electrons. The molecule has 3 aliphatic heterocycles. The third-order valence-corrected chi connectivity index (χ3v) is 3.41. The normalized spacial score (nSPS) is 41.4. The number of piperidine rings is 1. The lowest BCUT2D eigenvalue weighted by Crippen LogP contribution is -2.66. The summed E-state index contributed by atoms with van der Waals surface area (Å²) >= 11 is 0. The average molecular weight is 158 g/mol. The number of fused-ring (bicyclic) bond motifs is 2. The predicted octanol–water partition coefficient (Wildman–Crippen LogP) is 0.207. The quantitative estimate of drug-likeness (QED) is 0.503. The van der Waals surface area contributed by atoms with Crippen LogP contribution >= 0.6 is 9.24 Å². The Kier molecular flexibility index (Phi) is 1.71. The van der Waals surface area contributed by atoms with E-state index in [4.69, 9.17) is 0 Å². The van der Waals surface area contributed by atoms with Gasteiger partial charge >= 0.3 is 0 Å². The highest BCUT2D eigenvalue weighted by Gasteiger charge is 2.41. The van der Waals surface area contributed by atoms with Gasteiger partial charge < -0.3 is 0 Å². The van der Waals surface area contributed by atoms with E-state index in [1.165, 1.54) is 19.5 Å². The van der Waals surface area contributed by atoms with Crippen LogP contribution in [-0.4, -0.2) is 48.3 Å². The summed E-state index contributed by atoms with van der Waals surface area (Å²) in [6.07, 6.45) is 2.60. The monoisotopic (exact) mass is 158 g/mol. The van der Waals surface area contributed by atoms with Crippen molar-refractivity contribution in [3.63, 3.8) is 0 Å². The van der Waals surface area contributed by atoms with Gasteiger partial charge in [-0.25, -0.2) is 0 Å². The van der Waals surface area contributed by atoms with Crippen LogP contribution in [0, 0.1) is 0 Å². The fraction of sp³-hybridized carbons (Fsp3) is 1.00. The number of piperazine rings is 1. The zero-order chi connectivity index (χ0) is 7.14. The number of likely N-dealkylation sites (N-methyl/N-ethyl adjacent to an activating group) is 1. The van der Waals surface area contributed by atoms with Gasteiger partial charge in [0, 0.05) is 31.5 Å². The van der Waals surface area contributed by atoms with Gasteiger partial charge in [0.15, 0.2) is 0 Å². The van der Waals surface area contributed by atoms with E-state index in [9.17, 15) is 0 Å². The van der Waals surface area contributed by atoms with Gasteiger partial charge in [0.2, 0.25) is 0 Å². The first-order valence-corrected chi connectivity index (χ1v) is 4.77. The lowest BCUT2D eigenvalue weighted by atomic mass is 9.89. The van der Waals surface area contributed by atoms with E-state index in [-0.39, 0.29) is 0 Å². The first-order chi connectivity index (χ1) is 4.81. The van der Waals surface area contributed by atoms with Gasteiger partial charge in [0.1, 0.15) is 0 Å². The molecule has 3 unspecified atom stereocenters. The van der Waals surface area contributed by atoms with Crippen molar-refractivity contribution in [2.75, 3.05) is 26.4 Å². The van der Waals surface area contributed by atoms with Gasteiger partial charge in [-0.05, 0) is 13.5 Å². The SMILES string of the molecule is CN1C2CC1CN(CP)C2. The highest BCUT2D eigenvalue weighted by Crippen LogP contribution is 2.30. The number of hydrogen-bond donors (Lipinski definition) is 0. The van der Waals surface area contributed by atoms with E-state index in [1.54, 1.807) is 0 Å². The summed E-state index contributed by atoms with van der Waals surface area (Å²) < 4.78 is 0. The molecule has 3 rings (SSSR count). The summed E-state index contributed by atoms with van der Waals surface area (Å²) in [5.41, 5.74) is 0. The fourth-order valence-electron chi connectivity index (χ4n) is 2.03. The van der Waals surface area contributed by atoms with Gasteiger partial charge in [-0.1, -0.05) is 0 Å². The molecule has 2 nitrogen and oxygen atoms in total. The summed E-state index contributed by atoms with van der Waals surface area (Å²) in [7, 11) is 5.05. The molecule has 0 aromatic rings. The third-order valence-electron chi connectivity index (χ3n) is 2.89. The molecule has 2 bridgehead atoms. The smallest absolute Gasteiger partial charge is 0.0239 e. The van der Waals surface area contributed by atoms with Crippen LogP contribution in [-0.2, 0) is 0 Å². The molecule has 0 spiro atoms. The number of nitrogens with zero attached hydrogens (tertiary/aromatic N) is 2. The Morgan fingerprint density at radius 3 is 2.40 bits per heavy atom. The summed E-state index contributed by atoms with van der Waals surface area (Å²) in [6.45, 7) is 2.58. The van der Waals surface area contributed by atoms with Crippen molar-refractivity contribution in [3.05, 3.63) is 0 Å². The molecule has 10 heavy (non-hydrogen) atoms. The second-order valence-corrected chi connectivity index (χ2v) is 3.79. The molecule has 0 amide bonds. The van der Waals surface area contributed by atoms with Crippen molar-refractivity contribution in [2.24, 2.45) is 0 Å². The van der Waals surface area contributed by atoms with Crippen molar-refractivity contribution in [1.29, 1.82) is 0 Å². The second kappa shape index (κ2) is 2.44. The summed E-state index contributed by atoms with van der Waals surface area (Å²) in [5.74, 6) is 0. The van der Waals surface area contributed by atoms with Crippen LogP contribution in [0.2, 0.25) is 0 Å². The third kappa shape index (κ3) is 0.903. The Morgan fingerprint density at radius 2 is 2.00 bits per heavy atom. The maximum Gasteiger partial charge on any atom is 0.0239 e. The Balaban J connectivity index is 1.93. The van der Waals surface area contributed by atoms with Crippen molar-refractivity contribution in [3.8, 4) is 0 Å².